The van der Waals surface area contributed by atoms with Crippen LogP contribution >= 0.6 is 0 Å². The highest BCUT2D eigenvalue weighted by molar-refractivity contribution is 5.70. The summed E-state index contributed by atoms with van der Waals surface area (Å²) in [7, 11) is 0. The monoisotopic (exact) mass is 270 g/mol. The topological polar surface area (TPSA) is 66.0 Å². The number of aromatic amines is 1. The number of carbonyl (C=O) groups is 1. The number of hydrogen-bond acceptors (Lipinski definition) is 2. The lowest BCUT2D eigenvalue weighted by Crippen LogP contribution is -2.21. The molecule has 0 aliphatic heterocycles. The summed E-state index contributed by atoms with van der Waals surface area (Å²) in [5, 5.41) is 9.02. The maximum Gasteiger partial charge on any atom is 0.306 e. The molecule has 0 bridgehead atoms. The van der Waals surface area contributed by atoms with Gasteiger partial charge in [-0.15, -0.1) is 0 Å². The van der Waals surface area contributed by atoms with Crippen LogP contribution in [0.1, 0.15) is 37.4 Å². The van der Waals surface area contributed by atoms with Crippen molar-refractivity contribution in [2.75, 3.05) is 0 Å². The van der Waals surface area contributed by atoms with Gasteiger partial charge in [-0.25, -0.2) is 4.98 Å². The number of imidazole rings is 1. The average Bonchev–Trinajstić information content (AvgIpc) is 2.98. The first kappa shape index (κ1) is 12.9. The standard InChI is InChI=1S/C16H18N2O2/c19-16(20)13-8-6-12(7-9-13)15-17-10-14(18-15)11-4-2-1-3-5-11/h1-5,10,12-13H,6-9H2,(H,17,18)(H,19,20). The van der Waals surface area contributed by atoms with Gasteiger partial charge in [0.05, 0.1) is 11.6 Å². The highest BCUT2D eigenvalue weighted by Gasteiger charge is 2.28. The molecule has 0 spiro atoms. The number of aromatic nitrogens is 2. The van der Waals surface area contributed by atoms with E-state index < -0.39 is 5.97 Å². The molecule has 20 heavy (non-hydrogen) atoms. The van der Waals surface area contributed by atoms with Crippen molar-refractivity contribution in [3.05, 3.63) is 42.4 Å². The van der Waals surface area contributed by atoms with Crippen LogP contribution in [-0.2, 0) is 4.79 Å². The molecule has 0 radical (unpaired) electrons. The molecule has 0 atom stereocenters. The summed E-state index contributed by atoms with van der Waals surface area (Å²) in [6.07, 6.45) is 5.24. The summed E-state index contributed by atoms with van der Waals surface area (Å²) >= 11 is 0. The molecule has 0 amide bonds. The van der Waals surface area contributed by atoms with Crippen LogP contribution in [0.4, 0.5) is 0 Å². The van der Waals surface area contributed by atoms with Crippen molar-refractivity contribution >= 4 is 5.97 Å². The van der Waals surface area contributed by atoms with E-state index in [-0.39, 0.29) is 5.92 Å². The smallest absolute Gasteiger partial charge is 0.306 e. The van der Waals surface area contributed by atoms with Crippen LogP contribution in [0.3, 0.4) is 0 Å². The largest absolute Gasteiger partial charge is 0.481 e. The molecular weight excluding hydrogens is 252 g/mol. The summed E-state index contributed by atoms with van der Waals surface area (Å²) in [5.41, 5.74) is 2.06. The number of benzene rings is 1. The Morgan fingerprint density at radius 1 is 1.15 bits per heavy atom. The second kappa shape index (κ2) is 5.49. The quantitative estimate of drug-likeness (QED) is 0.897. The Morgan fingerprint density at radius 3 is 2.50 bits per heavy atom. The SMILES string of the molecule is O=C(O)C1CCC(c2nc(-c3ccccc3)c[nH]2)CC1. The third kappa shape index (κ3) is 2.59. The normalized spacial score (nSPS) is 22.6. The third-order valence-corrected chi connectivity index (χ3v) is 4.13. The van der Waals surface area contributed by atoms with Gasteiger partial charge in [0.1, 0.15) is 5.82 Å². The van der Waals surface area contributed by atoms with E-state index in [4.69, 9.17) is 5.11 Å². The van der Waals surface area contributed by atoms with E-state index in [9.17, 15) is 4.79 Å². The van der Waals surface area contributed by atoms with Crippen LogP contribution < -0.4 is 0 Å². The molecule has 104 valence electrons. The minimum Gasteiger partial charge on any atom is -0.481 e. The van der Waals surface area contributed by atoms with E-state index in [2.05, 4.69) is 9.97 Å². The number of rotatable bonds is 3. The lowest BCUT2D eigenvalue weighted by atomic mass is 9.82. The summed E-state index contributed by atoms with van der Waals surface area (Å²) in [4.78, 5) is 18.9. The fourth-order valence-corrected chi connectivity index (χ4v) is 2.92. The number of H-pyrrole nitrogens is 1. The average molecular weight is 270 g/mol. The van der Waals surface area contributed by atoms with Crippen LogP contribution in [0.15, 0.2) is 36.5 Å². The minimum atomic E-state index is -0.659. The summed E-state index contributed by atoms with van der Waals surface area (Å²) in [5.74, 6) is 0.526. The van der Waals surface area contributed by atoms with Crippen LogP contribution in [0.5, 0.6) is 0 Å². The number of nitrogens with one attached hydrogen (secondary N) is 1. The summed E-state index contributed by atoms with van der Waals surface area (Å²) < 4.78 is 0. The van der Waals surface area contributed by atoms with Gasteiger partial charge in [0, 0.05) is 17.7 Å². The van der Waals surface area contributed by atoms with Gasteiger partial charge in [0.25, 0.3) is 0 Å². The third-order valence-electron chi connectivity index (χ3n) is 4.13. The lowest BCUT2D eigenvalue weighted by molar-refractivity contribution is -0.142. The predicted octanol–water partition coefficient (Wildman–Crippen LogP) is 3.44. The van der Waals surface area contributed by atoms with Crippen molar-refractivity contribution in [3.8, 4) is 11.3 Å². The number of nitrogens with zero attached hydrogens (tertiary/aromatic N) is 1. The molecule has 1 aromatic carbocycles. The molecule has 2 aromatic rings. The van der Waals surface area contributed by atoms with Gasteiger partial charge < -0.3 is 10.1 Å². The zero-order valence-corrected chi connectivity index (χ0v) is 11.2. The Hall–Kier alpha value is -2.10. The Kier molecular flexibility index (Phi) is 3.54. The molecule has 4 nitrogen and oxygen atoms in total. The van der Waals surface area contributed by atoms with Crippen LogP contribution in [0.2, 0.25) is 0 Å². The Bertz CT molecular complexity index is 584. The summed E-state index contributed by atoms with van der Waals surface area (Å²) in [6.45, 7) is 0. The highest BCUT2D eigenvalue weighted by atomic mass is 16.4. The van der Waals surface area contributed by atoms with E-state index in [0.29, 0.717) is 5.92 Å². The van der Waals surface area contributed by atoms with E-state index in [0.717, 1.165) is 42.8 Å². The van der Waals surface area contributed by atoms with Crippen LogP contribution in [0, 0.1) is 5.92 Å². The molecule has 1 heterocycles. The molecule has 1 aromatic heterocycles. The Balaban J connectivity index is 1.71. The first-order valence-electron chi connectivity index (χ1n) is 7.07. The van der Waals surface area contributed by atoms with Crippen molar-refractivity contribution in [2.45, 2.75) is 31.6 Å². The van der Waals surface area contributed by atoms with Crippen molar-refractivity contribution in [2.24, 2.45) is 5.92 Å². The van der Waals surface area contributed by atoms with Crippen molar-refractivity contribution in [1.29, 1.82) is 0 Å². The van der Waals surface area contributed by atoms with Gasteiger partial charge >= 0.3 is 5.97 Å². The Labute approximate surface area is 117 Å². The molecule has 0 unspecified atom stereocenters. The van der Waals surface area contributed by atoms with Gasteiger partial charge in [-0.3, -0.25) is 4.79 Å². The maximum absolute atomic E-state index is 11.0. The molecule has 2 N–H and O–H groups in total. The Morgan fingerprint density at radius 2 is 1.85 bits per heavy atom. The zero-order valence-electron chi connectivity index (χ0n) is 11.2. The number of hydrogen-bond donors (Lipinski definition) is 2. The minimum absolute atomic E-state index is 0.171. The van der Waals surface area contributed by atoms with Crippen molar-refractivity contribution < 1.29 is 9.90 Å². The number of carboxylic acids is 1. The van der Waals surface area contributed by atoms with E-state index in [1.165, 1.54) is 0 Å². The molecule has 0 saturated heterocycles. The van der Waals surface area contributed by atoms with Crippen LogP contribution in [-0.4, -0.2) is 21.0 Å². The molecule has 1 aliphatic carbocycles. The molecule has 3 rings (SSSR count). The lowest BCUT2D eigenvalue weighted by Gasteiger charge is -2.24. The number of carboxylic acid groups (broad SMARTS) is 1. The van der Waals surface area contributed by atoms with Crippen molar-refractivity contribution in [1.82, 2.24) is 9.97 Å². The van der Waals surface area contributed by atoms with Gasteiger partial charge in [-0.2, -0.15) is 0 Å². The van der Waals surface area contributed by atoms with E-state index in [1.54, 1.807) is 0 Å². The first-order valence-corrected chi connectivity index (χ1v) is 7.07. The molecule has 1 saturated carbocycles. The second-order valence-electron chi connectivity index (χ2n) is 5.42. The molecular formula is C16H18N2O2. The summed E-state index contributed by atoms with van der Waals surface area (Å²) in [6, 6.07) is 10.1. The second-order valence-corrected chi connectivity index (χ2v) is 5.42. The van der Waals surface area contributed by atoms with E-state index >= 15 is 0 Å². The van der Waals surface area contributed by atoms with Crippen molar-refractivity contribution in [3.63, 3.8) is 0 Å². The predicted molar refractivity (Wildman–Crippen MR) is 76.4 cm³/mol. The van der Waals surface area contributed by atoms with Gasteiger partial charge in [-0.1, -0.05) is 30.3 Å². The fraction of sp³-hybridized carbons (Fsp3) is 0.375. The van der Waals surface area contributed by atoms with E-state index in [1.807, 2.05) is 36.5 Å². The van der Waals surface area contributed by atoms with Gasteiger partial charge in [0.15, 0.2) is 0 Å². The molecule has 1 aliphatic rings. The molecule has 1 fully saturated rings. The van der Waals surface area contributed by atoms with Gasteiger partial charge in [0.2, 0.25) is 0 Å². The first-order chi connectivity index (χ1) is 9.74. The number of aliphatic carboxylic acids is 1. The van der Waals surface area contributed by atoms with Crippen LogP contribution in [0.25, 0.3) is 11.3 Å². The highest BCUT2D eigenvalue weighted by Crippen LogP contribution is 2.35. The maximum atomic E-state index is 11.0. The fourth-order valence-electron chi connectivity index (χ4n) is 2.92. The zero-order chi connectivity index (χ0) is 13.9. The van der Waals surface area contributed by atoms with Gasteiger partial charge in [-0.05, 0) is 25.7 Å². The molecule has 4 heteroatoms.